The average Bonchev–Trinajstić information content (AvgIpc) is 3.64. The first-order chi connectivity index (χ1) is 29.7. The smallest absolute Gasteiger partial charge is 0.0991 e. The molecule has 0 N–H and O–H groups in total. The van der Waals surface area contributed by atoms with E-state index in [-0.39, 0.29) is 0 Å². The third-order valence-electron chi connectivity index (χ3n) is 12.3. The molecule has 0 radical (unpaired) electrons. The Morgan fingerprint density at radius 3 is 1.30 bits per heavy atom. The summed E-state index contributed by atoms with van der Waals surface area (Å²) in [6.45, 7) is 0. The summed E-state index contributed by atoms with van der Waals surface area (Å²) < 4.78 is 2.36. The summed E-state index contributed by atoms with van der Waals surface area (Å²) in [6.07, 6.45) is 0. The lowest BCUT2D eigenvalue weighted by Crippen LogP contribution is -2.09. The average molecular weight is 761 g/mol. The molecule has 0 aliphatic heterocycles. The Morgan fingerprint density at radius 2 is 0.733 bits per heavy atom. The topological polar surface area (TPSA) is 55.8 Å². The molecule has 0 atom stereocenters. The van der Waals surface area contributed by atoms with E-state index >= 15 is 0 Å². The maximum atomic E-state index is 10.2. The summed E-state index contributed by atoms with van der Waals surface area (Å²) in [4.78, 5) is 2.29. The van der Waals surface area contributed by atoms with Crippen LogP contribution in [-0.4, -0.2) is 4.57 Å². The minimum Gasteiger partial charge on any atom is -0.310 e. The molecule has 0 saturated carbocycles. The number of hydrogen-bond donors (Lipinski definition) is 0. The third-order valence-corrected chi connectivity index (χ3v) is 12.3. The molecule has 0 bridgehead atoms. The summed E-state index contributed by atoms with van der Waals surface area (Å²) in [6, 6.07) is 73.3. The van der Waals surface area contributed by atoms with Crippen molar-refractivity contribution in [3.8, 4) is 17.8 Å². The molecule has 1 aromatic heterocycles. The minimum absolute atomic E-state index is 0.618. The molecule has 4 heteroatoms. The highest BCUT2D eigenvalue weighted by Crippen LogP contribution is 2.46. The van der Waals surface area contributed by atoms with E-state index in [9.17, 15) is 10.5 Å². The molecule has 0 amide bonds. The number of nitriles is 2. The van der Waals surface area contributed by atoms with Crippen molar-refractivity contribution >= 4 is 104 Å². The Balaban J connectivity index is 1.22. The van der Waals surface area contributed by atoms with Gasteiger partial charge in [0.25, 0.3) is 0 Å². The highest BCUT2D eigenvalue weighted by molar-refractivity contribution is 6.34. The van der Waals surface area contributed by atoms with Gasteiger partial charge in [-0.1, -0.05) is 91.0 Å². The molecule has 0 saturated heterocycles. The maximum absolute atomic E-state index is 10.2. The lowest BCUT2D eigenvalue weighted by molar-refractivity contribution is 1.18. The number of rotatable bonds is 4. The summed E-state index contributed by atoms with van der Waals surface area (Å²) >= 11 is 0. The highest BCUT2D eigenvalue weighted by Gasteiger charge is 2.20. The first-order valence-corrected chi connectivity index (χ1v) is 20.1. The number of nitrogens with zero attached hydrogens (tertiary/aromatic N) is 4. The van der Waals surface area contributed by atoms with Gasteiger partial charge in [-0.05, 0) is 168 Å². The molecule has 0 aliphatic carbocycles. The minimum atomic E-state index is 0.618. The summed E-state index contributed by atoms with van der Waals surface area (Å²) in [5, 5.41) is 35.9. The van der Waals surface area contributed by atoms with Crippen LogP contribution in [0.25, 0.3) is 92.1 Å². The molecule has 11 aromatic carbocycles. The van der Waals surface area contributed by atoms with E-state index in [0.29, 0.717) is 11.1 Å². The summed E-state index contributed by atoms with van der Waals surface area (Å²) in [5.41, 5.74) is 7.81. The number of para-hydroxylation sites is 4. The van der Waals surface area contributed by atoms with Gasteiger partial charge in [0.2, 0.25) is 0 Å². The molecule has 0 aliphatic rings. The van der Waals surface area contributed by atoms with Gasteiger partial charge >= 0.3 is 0 Å². The molecule has 1 heterocycles. The van der Waals surface area contributed by atoms with Gasteiger partial charge in [-0.25, -0.2) is 0 Å². The van der Waals surface area contributed by atoms with E-state index in [4.69, 9.17) is 0 Å². The van der Waals surface area contributed by atoms with Crippen molar-refractivity contribution in [3.63, 3.8) is 0 Å². The molecular formula is C56H32N4. The maximum Gasteiger partial charge on any atom is 0.0991 e. The van der Waals surface area contributed by atoms with Crippen LogP contribution in [0.3, 0.4) is 0 Å². The van der Waals surface area contributed by atoms with Gasteiger partial charge in [0.1, 0.15) is 0 Å². The van der Waals surface area contributed by atoms with E-state index in [1.165, 1.54) is 10.8 Å². The molecule has 12 rings (SSSR count). The normalized spacial score (nSPS) is 11.6. The number of fused-ring (bicyclic) bond motifs is 15. The van der Waals surface area contributed by atoms with Crippen LogP contribution in [0.15, 0.2) is 194 Å². The lowest BCUT2D eigenvalue weighted by Gasteiger charge is -2.26. The zero-order valence-corrected chi connectivity index (χ0v) is 32.3. The second-order valence-corrected chi connectivity index (χ2v) is 15.5. The molecule has 0 fully saturated rings. The zero-order valence-electron chi connectivity index (χ0n) is 32.3. The number of aromatic nitrogens is 1. The Bertz CT molecular complexity index is 3800. The van der Waals surface area contributed by atoms with Crippen LogP contribution < -0.4 is 4.90 Å². The van der Waals surface area contributed by atoms with E-state index in [1.54, 1.807) is 0 Å². The van der Waals surface area contributed by atoms with Gasteiger partial charge in [0, 0.05) is 33.5 Å². The second-order valence-electron chi connectivity index (χ2n) is 15.5. The fourth-order valence-corrected chi connectivity index (χ4v) is 9.68. The van der Waals surface area contributed by atoms with Crippen LogP contribution in [0.2, 0.25) is 0 Å². The van der Waals surface area contributed by atoms with Gasteiger partial charge in [0.05, 0.1) is 34.3 Å². The zero-order chi connectivity index (χ0) is 39.9. The van der Waals surface area contributed by atoms with Crippen LogP contribution in [-0.2, 0) is 0 Å². The first-order valence-electron chi connectivity index (χ1n) is 20.1. The highest BCUT2D eigenvalue weighted by atomic mass is 15.1. The van der Waals surface area contributed by atoms with Crippen molar-refractivity contribution in [2.45, 2.75) is 0 Å². The van der Waals surface area contributed by atoms with Gasteiger partial charge < -0.3 is 9.47 Å². The monoisotopic (exact) mass is 760 g/mol. The van der Waals surface area contributed by atoms with Crippen LogP contribution in [0.4, 0.5) is 17.1 Å². The Hall–Kier alpha value is -8.44. The fraction of sp³-hybridized carbons (Fsp3) is 0. The Kier molecular flexibility index (Phi) is 7.32. The second kappa shape index (κ2) is 13.0. The van der Waals surface area contributed by atoms with Crippen molar-refractivity contribution < 1.29 is 0 Å². The summed E-state index contributed by atoms with van der Waals surface area (Å²) in [5.74, 6) is 0. The summed E-state index contributed by atoms with van der Waals surface area (Å²) in [7, 11) is 0. The molecule has 60 heavy (non-hydrogen) atoms. The van der Waals surface area contributed by atoms with Crippen LogP contribution in [0.1, 0.15) is 11.1 Å². The van der Waals surface area contributed by atoms with Crippen molar-refractivity contribution in [1.29, 1.82) is 10.5 Å². The molecule has 0 unspecified atom stereocenters. The molecule has 276 valence electrons. The van der Waals surface area contributed by atoms with E-state index in [2.05, 4.69) is 179 Å². The lowest BCUT2D eigenvalue weighted by atomic mass is 9.87. The van der Waals surface area contributed by atoms with E-state index in [0.717, 1.165) is 98.4 Å². The first kappa shape index (κ1) is 33.7. The SMILES string of the molecule is N#Cc1ccc2c(c1)c1cc3c(cc1c1ccc(N(c4ccccc4)c4ccccc4)cc21)c1cc(C#N)ccc1c1cc2c(cc31)c1ccccc1n2-c1ccccc1. The predicted molar refractivity (Wildman–Crippen MR) is 250 cm³/mol. The van der Waals surface area contributed by atoms with Crippen LogP contribution >= 0.6 is 0 Å². The number of hydrogen-bond acceptors (Lipinski definition) is 3. The third kappa shape index (κ3) is 4.96. The molecule has 12 aromatic rings. The molecule has 0 spiro atoms. The van der Waals surface area contributed by atoms with Crippen molar-refractivity contribution in [1.82, 2.24) is 4.57 Å². The van der Waals surface area contributed by atoms with Crippen molar-refractivity contribution in [2.75, 3.05) is 4.90 Å². The Labute approximate surface area is 345 Å². The predicted octanol–water partition coefficient (Wildman–Crippen LogP) is 14.9. The Morgan fingerprint density at radius 1 is 0.300 bits per heavy atom. The van der Waals surface area contributed by atoms with Gasteiger partial charge in [-0.15, -0.1) is 0 Å². The number of anilines is 3. The van der Waals surface area contributed by atoms with E-state index < -0.39 is 0 Å². The quantitative estimate of drug-likeness (QED) is 0.133. The van der Waals surface area contributed by atoms with Crippen LogP contribution in [0, 0.1) is 22.7 Å². The van der Waals surface area contributed by atoms with E-state index in [1.807, 2.05) is 36.4 Å². The number of benzene rings is 11. The van der Waals surface area contributed by atoms with Gasteiger partial charge in [0.15, 0.2) is 0 Å². The molecular weight excluding hydrogens is 729 g/mol. The van der Waals surface area contributed by atoms with Gasteiger partial charge in [-0.3, -0.25) is 0 Å². The van der Waals surface area contributed by atoms with Crippen molar-refractivity contribution in [3.05, 3.63) is 205 Å². The van der Waals surface area contributed by atoms with Crippen LogP contribution in [0.5, 0.6) is 0 Å². The molecule has 4 nitrogen and oxygen atoms in total. The van der Waals surface area contributed by atoms with Gasteiger partial charge in [-0.2, -0.15) is 10.5 Å². The standard InChI is InChI=1S/C56H32N4/c57-33-35-20-23-41-45(26-35)49-30-51-50(29-48(49)43-25-22-40(28-47(41)43)59(37-12-4-1-5-13-37)38-14-6-2-7-15-38)46-27-36(34-58)21-24-42(46)53-32-56-54(31-52(51)53)44-18-10-11-19-55(44)60(56)39-16-8-3-9-17-39/h1-32H. The van der Waals surface area contributed by atoms with Crippen molar-refractivity contribution in [2.24, 2.45) is 0 Å². The largest absolute Gasteiger partial charge is 0.310 e. The fourth-order valence-electron chi connectivity index (χ4n) is 9.68.